The zero-order valence-corrected chi connectivity index (χ0v) is 19.4. The topological polar surface area (TPSA) is 58.9 Å². The van der Waals surface area contributed by atoms with Crippen molar-refractivity contribution in [1.82, 2.24) is 0 Å². The molecule has 4 nitrogen and oxygen atoms in total. The van der Waals surface area contributed by atoms with Crippen LogP contribution in [0, 0.1) is 0 Å². The van der Waals surface area contributed by atoms with Crippen LogP contribution in [0.15, 0.2) is 84.9 Å². The number of ether oxygens (including phenoxy) is 2. The Labute approximate surface area is 183 Å². The van der Waals surface area contributed by atoms with Crippen LogP contribution in [0.1, 0.15) is 0 Å². The zero-order chi connectivity index (χ0) is 20.2. The van der Waals surface area contributed by atoms with Crippen LogP contribution >= 0.6 is 0 Å². The zero-order valence-electron chi connectivity index (χ0n) is 15.7. The van der Waals surface area contributed by atoms with E-state index < -0.39 is 30.0 Å². The summed E-state index contributed by atoms with van der Waals surface area (Å²) < 4.78 is 37.7. The first-order valence-electron chi connectivity index (χ1n) is 9.49. The van der Waals surface area contributed by atoms with E-state index in [9.17, 15) is 8.19 Å². The second-order valence-corrected chi connectivity index (χ2v) is 13.8. The van der Waals surface area contributed by atoms with E-state index in [1.165, 1.54) is 0 Å². The fraction of sp³-hybridized carbons (Fsp3) is 0. The Morgan fingerprint density at radius 2 is 0.867 bits per heavy atom. The quantitative estimate of drug-likeness (QED) is 0.378. The molecule has 0 aromatic heterocycles. The summed E-state index contributed by atoms with van der Waals surface area (Å²) in [6.07, 6.45) is 0. The van der Waals surface area contributed by atoms with E-state index in [1.54, 1.807) is 0 Å². The Hall–Kier alpha value is -2.48. The van der Waals surface area contributed by atoms with Crippen molar-refractivity contribution in [2.24, 2.45) is 0 Å². The van der Waals surface area contributed by atoms with Crippen LogP contribution in [-0.2, 0) is 0 Å². The molecule has 0 saturated carbocycles. The van der Waals surface area contributed by atoms with Gasteiger partial charge in [0.15, 0.2) is 0 Å². The third kappa shape index (κ3) is 2.84. The SMILES string of the molecule is O[As]1c2ccccc2Oc2ccc(-c3ccc4c(c3)[As](O)c3ccccc3O4)cc21. The first-order valence-corrected chi connectivity index (χ1v) is 14.9. The van der Waals surface area contributed by atoms with Crippen LogP contribution < -0.4 is 26.9 Å². The van der Waals surface area contributed by atoms with E-state index in [2.05, 4.69) is 0 Å². The molecule has 4 aromatic carbocycles. The minimum atomic E-state index is -2.39. The summed E-state index contributed by atoms with van der Waals surface area (Å²) in [5.41, 5.74) is 1.99. The first-order chi connectivity index (χ1) is 14.7. The van der Waals surface area contributed by atoms with Crippen molar-refractivity contribution >= 4 is 47.4 Å². The van der Waals surface area contributed by atoms with Crippen LogP contribution in [0.3, 0.4) is 0 Å². The van der Waals surface area contributed by atoms with Crippen molar-refractivity contribution in [1.29, 1.82) is 0 Å². The molecule has 2 N–H and O–H groups in total. The molecule has 2 atom stereocenters. The summed E-state index contributed by atoms with van der Waals surface area (Å²) in [7, 11) is 0. The van der Waals surface area contributed by atoms with Crippen LogP contribution in [0.2, 0.25) is 0 Å². The van der Waals surface area contributed by atoms with Crippen LogP contribution in [0.25, 0.3) is 11.1 Å². The summed E-state index contributed by atoms with van der Waals surface area (Å²) in [6, 6.07) is 27.3. The second kappa shape index (κ2) is 7.04. The normalized spacial score (nSPS) is 18.2. The van der Waals surface area contributed by atoms with Gasteiger partial charge in [0.2, 0.25) is 0 Å². The van der Waals surface area contributed by atoms with Crippen molar-refractivity contribution in [3.8, 4) is 34.1 Å². The van der Waals surface area contributed by atoms with E-state index in [0.29, 0.717) is 0 Å². The average molecular weight is 518 g/mol. The Bertz CT molecular complexity index is 1200. The third-order valence-corrected chi connectivity index (χ3v) is 12.2. The predicted octanol–water partition coefficient (Wildman–Crippen LogP) is 1.76. The minimum absolute atomic E-state index is 0.727. The van der Waals surface area contributed by atoms with Crippen molar-refractivity contribution in [3.05, 3.63) is 84.9 Å². The number of para-hydroxylation sites is 2. The van der Waals surface area contributed by atoms with Gasteiger partial charge in [0.25, 0.3) is 0 Å². The summed E-state index contributed by atoms with van der Waals surface area (Å²) in [5.74, 6) is 2.95. The fourth-order valence-corrected chi connectivity index (χ4v) is 9.73. The Morgan fingerprint density at radius 1 is 0.467 bits per heavy atom. The molecular weight excluding hydrogens is 502 g/mol. The number of rotatable bonds is 1. The summed E-state index contributed by atoms with van der Waals surface area (Å²) in [6.45, 7) is 0. The van der Waals surface area contributed by atoms with Gasteiger partial charge < -0.3 is 0 Å². The number of hydrogen-bond donors (Lipinski definition) is 2. The summed E-state index contributed by atoms with van der Waals surface area (Å²) in [4.78, 5) is 0. The van der Waals surface area contributed by atoms with Crippen LogP contribution in [0.5, 0.6) is 23.0 Å². The maximum absolute atomic E-state index is 11.0. The van der Waals surface area contributed by atoms with Gasteiger partial charge in [0.05, 0.1) is 0 Å². The monoisotopic (exact) mass is 518 g/mol. The molecule has 6 heteroatoms. The molecule has 0 fully saturated rings. The van der Waals surface area contributed by atoms with Crippen molar-refractivity contribution in [2.45, 2.75) is 0 Å². The first kappa shape index (κ1) is 18.3. The molecule has 30 heavy (non-hydrogen) atoms. The average Bonchev–Trinajstić information content (AvgIpc) is 2.79. The predicted molar refractivity (Wildman–Crippen MR) is 119 cm³/mol. The van der Waals surface area contributed by atoms with E-state index in [4.69, 9.17) is 9.47 Å². The molecule has 0 spiro atoms. The summed E-state index contributed by atoms with van der Waals surface area (Å²) in [5, 5.41) is 0. The number of hydrogen-bond acceptors (Lipinski definition) is 4. The molecule has 4 aromatic rings. The maximum atomic E-state index is 11.0. The molecular formula is C24H16As2O4. The van der Waals surface area contributed by atoms with Crippen LogP contribution in [-0.4, -0.2) is 38.2 Å². The van der Waals surface area contributed by atoms with Crippen molar-refractivity contribution in [2.75, 3.05) is 0 Å². The summed E-state index contributed by atoms with van der Waals surface area (Å²) >= 11 is -4.78. The van der Waals surface area contributed by atoms with E-state index in [-0.39, 0.29) is 0 Å². The van der Waals surface area contributed by atoms with Gasteiger partial charge in [-0.15, -0.1) is 0 Å². The fourth-order valence-electron chi connectivity index (χ4n) is 3.83. The molecule has 0 radical (unpaired) electrons. The molecule has 2 heterocycles. The van der Waals surface area contributed by atoms with Gasteiger partial charge in [-0.25, -0.2) is 0 Å². The molecule has 146 valence electrons. The number of fused-ring (bicyclic) bond motifs is 4. The third-order valence-electron chi connectivity index (χ3n) is 5.33. The molecule has 0 bridgehead atoms. The Balaban J connectivity index is 1.41. The number of benzene rings is 4. The van der Waals surface area contributed by atoms with Gasteiger partial charge in [-0.3, -0.25) is 0 Å². The molecule has 6 rings (SSSR count). The molecule has 0 saturated heterocycles. The Kier molecular flexibility index (Phi) is 4.30. The van der Waals surface area contributed by atoms with Crippen molar-refractivity contribution in [3.63, 3.8) is 0 Å². The standard InChI is InChI=1S/C24H16As2O4/c27-25-17-5-1-3-7-21(17)29-23-11-9-15(13-19(23)25)16-10-12-24-20(14-16)26(28)18-6-2-4-8-22(18)30-24/h1-14,27-28H. The molecule has 2 aliphatic rings. The van der Waals surface area contributed by atoms with E-state index >= 15 is 0 Å². The van der Waals surface area contributed by atoms with Crippen LogP contribution in [0.4, 0.5) is 0 Å². The molecule has 2 aliphatic heterocycles. The van der Waals surface area contributed by atoms with E-state index in [1.807, 2.05) is 84.9 Å². The molecule has 0 aliphatic carbocycles. The molecule has 0 amide bonds. The van der Waals surface area contributed by atoms with Gasteiger partial charge in [0, 0.05) is 0 Å². The van der Waals surface area contributed by atoms with Gasteiger partial charge in [-0.05, 0) is 0 Å². The van der Waals surface area contributed by atoms with Gasteiger partial charge >= 0.3 is 184 Å². The molecule has 2 unspecified atom stereocenters. The Morgan fingerprint density at radius 3 is 1.33 bits per heavy atom. The van der Waals surface area contributed by atoms with Crippen molar-refractivity contribution < 1.29 is 17.7 Å². The van der Waals surface area contributed by atoms with Gasteiger partial charge in [-0.2, -0.15) is 0 Å². The van der Waals surface area contributed by atoms with E-state index in [0.717, 1.165) is 51.5 Å². The van der Waals surface area contributed by atoms with Gasteiger partial charge in [0.1, 0.15) is 0 Å². The second-order valence-electron chi connectivity index (χ2n) is 7.13. The van der Waals surface area contributed by atoms with Gasteiger partial charge in [-0.1, -0.05) is 0 Å².